The van der Waals surface area contributed by atoms with Gasteiger partial charge in [-0.15, -0.1) is 0 Å². The van der Waals surface area contributed by atoms with Crippen molar-refractivity contribution < 1.29 is 0 Å². The molecule has 19 heavy (non-hydrogen) atoms. The molecular formula is C17H30N2. The molecule has 1 heterocycles. The Morgan fingerprint density at radius 1 is 1.16 bits per heavy atom. The summed E-state index contributed by atoms with van der Waals surface area (Å²) in [7, 11) is 0. The van der Waals surface area contributed by atoms with Gasteiger partial charge in [0, 0.05) is 31.0 Å². The molecule has 0 aromatic carbocycles. The lowest BCUT2D eigenvalue weighted by atomic mass is 9.83. The molecule has 0 spiro atoms. The highest BCUT2D eigenvalue weighted by Gasteiger charge is 2.20. The van der Waals surface area contributed by atoms with Crippen LogP contribution in [0.2, 0.25) is 0 Å². The van der Waals surface area contributed by atoms with Crippen LogP contribution in [-0.2, 0) is 13.1 Å². The van der Waals surface area contributed by atoms with Gasteiger partial charge in [-0.2, -0.15) is 0 Å². The first-order valence-electron chi connectivity index (χ1n) is 8.20. The average molecular weight is 262 g/mol. The highest BCUT2D eigenvalue weighted by Crippen LogP contribution is 2.27. The van der Waals surface area contributed by atoms with Crippen LogP contribution < -0.4 is 5.32 Å². The minimum atomic E-state index is 0.748. The van der Waals surface area contributed by atoms with Crippen LogP contribution in [0.1, 0.15) is 64.5 Å². The van der Waals surface area contributed by atoms with Crippen LogP contribution in [0.3, 0.4) is 0 Å². The summed E-state index contributed by atoms with van der Waals surface area (Å²) in [6.07, 6.45) is 11.8. The van der Waals surface area contributed by atoms with Gasteiger partial charge in [0.25, 0.3) is 0 Å². The van der Waals surface area contributed by atoms with Crippen molar-refractivity contribution in [3.8, 4) is 0 Å². The summed E-state index contributed by atoms with van der Waals surface area (Å²) in [4.78, 5) is 0. The largest absolute Gasteiger partial charge is 0.350 e. The van der Waals surface area contributed by atoms with Gasteiger partial charge in [-0.1, -0.05) is 26.7 Å². The van der Waals surface area contributed by atoms with Gasteiger partial charge in [0.2, 0.25) is 0 Å². The number of hydrogen-bond donors (Lipinski definition) is 1. The van der Waals surface area contributed by atoms with Crippen molar-refractivity contribution in [2.45, 2.75) is 77.9 Å². The Labute approximate surface area is 118 Å². The van der Waals surface area contributed by atoms with E-state index in [9.17, 15) is 0 Å². The molecule has 0 saturated heterocycles. The molecule has 0 radical (unpaired) electrons. The molecule has 1 saturated carbocycles. The highest BCUT2D eigenvalue weighted by atomic mass is 15.0. The Kier molecular flexibility index (Phi) is 5.96. The molecule has 0 amide bonds. The summed E-state index contributed by atoms with van der Waals surface area (Å²) in [6.45, 7) is 6.74. The number of aromatic nitrogens is 1. The van der Waals surface area contributed by atoms with Crippen molar-refractivity contribution in [2.24, 2.45) is 5.92 Å². The molecule has 2 heteroatoms. The van der Waals surface area contributed by atoms with Crippen LogP contribution in [0.15, 0.2) is 18.3 Å². The SMILES string of the molecule is CCCC1CCC(NCc2cccn2CCC)CC1. The van der Waals surface area contributed by atoms with Gasteiger partial charge >= 0.3 is 0 Å². The third-order valence-corrected chi connectivity index (χ3v) is 4.50. The molecule has 2 rings (SSSR count). The van der Waals surface area contributed by atoms with Crippen molar-refractivity contribution in [3.05, 3.63) is 24.0 Å². The van der Waals surface area contributed by atoms with Gasteiger partial charge in [0.05, 0.1) is 0 Å². The molecule has 0 bridgehead atoms. The zero-order valence-corrected chi connectivity index (χ0v) is 12.7. The van der Waals surface area contributed by atoms with Gasteiger partial charge in [-0.05, 0) is 50.2 Å². The Bertz CT molecular complexity index is 348. The highest BCUT2D eigenvalue weighted by molar-refractivity contribution is 5.07. The quantitative estimate of drug-likeness (QED) is 0.773. The number of nitrogens with zero attached hydrogens (tertiary/aromatic N) is 1. The zero-order chi connectivity index (χ0) is 13.5. The van der Waals surface area contributed by atoms with Crippen molar-refractivity contribution in [1.29, 1.82) is 0 Å². The van der Waals surface area contributed by atoms with Crippen LogP contribution in [0.25, 0.3) is 0 Å². The van der Waals surface area contributed by atoms with Crippen LogP contribution in [0.4, 0.5) is 0 Å². The molecule has 0 atom stereocenters. The number of aryl methyl sites for hydroxylation is 1. The zero-order valence-electron chi connectivity index (χ0n) is 12.7. The van der Waals surface area contributed by atoms with E-state index in [1.54, 1.807) is 0 Å². The second-order valence-electron chi connectivity index (χ2n) is 6.08. The summed E-state index contributed by atoms with van der Waals surface area (Å²) in [6, 6.07) is 5.18. The summed E-state index contributed by atoms with van der Waals surface area (Å²) >= 11 is 0. The number of hydrogen-bond acceptors (Lipinski definition) is 1. The molecule has 1 fully saturated rings. The summed E-state index contributed by atoms with van der Waals surface area (Å²) in [5.41, 5.74) is 1.44. The van der Waals surface area contributed by atoms with E-state index in [-0.39, 0.29) is 0 Å². The molecule has 108 valence electrons. The molecular weight excluding hydrogens is 232 g/mol. The average Bonchev–Trinajstić information content (AvgIpc) is 2.86. The smallest absolute Gasteiger partial charge is 0.0361 e. The first-order chi connectivity index (χ1) is 9.33. The Hall–Kier alpha value is -0.760. The minimum Gasteiger partial charge on any atom is -0.350 e. The molecule has 0 unspecified atom stereocenters. The lowest BCUT2D eigenvalue weighted by Crippen LogP contribution is -2.33. The normalized spacial score (nSPS) is 23.7. The fourth-order valence-electron chi connectivity index (χ4n) is 3.38. The fraction of sp³-hybridized carbons (Fsp3) is 0.765. The van der Waals surface area contributed by atoms with Gasteiger partial charge in [0.1, 0.15) is 0 Å². The van der Waals surface area contributed by atoms with Gasteiger partial charge in [-0.25, -0.2) is 0 Å². The predicted molar refractivity (Wildman–Crippen MR) is 82.2 cm³/mol. The van der Waals surface area contributed by atoms with E-state index in [0.29, 0.717) is 0 Å². The second-order valence-corrected chi connectivity index (χ2v) is 6.08. The molecule has 1 aliphatic carbocycles. The van der Waals surface area contributed by atoms with E-state index >= 15 is 0 Å². The molecule has 1 N–H and O–H groups in total. The van der Waals surface area contributed by atoms with Crippen molar-refractivity contribution >= 4 is 0 Å². The number of nitrogens with one attached hydrogen (secondary N) is 1. The van der Waals surface area contributed by atoms with Crippen LogP contribution in [-0.4, -0.2) is 10.6 Å². The van der Waals surface area contributed by atoms with E-state index in [4.69, 9.17) is 0 Å². The van der Waals surface area contributed by atoms with E-state index in [1.807, 2.05) is 0 Å². The van der Waals surface area contributed by atoms with E-state index in [1.165, 1.54) is 50.6 Å². The molecule has 1 aromatic rings. The van der Waals surface area contributed by atoms with Crippen LogP contribution in [0.5, 0.6) is 0 Å². The molecule has 0 aliphatic heterocycles. The van der Waals surface area contributed by atoms with Gasteiger partial charge < -0.3 is 9.88 Å². The van der Waals surface area contributed by atoms with E-state index < -0.39 is 0 Å². The second kappa shape index (κ2) is 7.74. The third kappa shape index (κ3) is 4.38. The monoisotopic (exact) mass is 262 g/mol. The van der Waals surface area contributed by atoms with Crippen LogP contribution in [0, 0.1) is 5.92 Å². The van der Waals surface area contributed by atoms with Gasteiger partial charge in [-0.3, -0.25) is 0 Å². The lowest BCUT2D eigenvalue weighted by Gasteiger charge is -2.29. The summed E-state index contributed by atoms with van der Waals surface area (Å²) in [5.74, 6) is 1.01. The van der Waals surface area contributed by atoms with Crippen molar-refractivity contribution in [2.75, 3.05) is 0 Å². The van der Waals surface area contributed by atoms with E-state index in [2.05, 4.69) is 42.1 Å². The first-order valence-corrected chi connectivity index (χ1v) is 8.20. The Morgan fingerprint density at radius 2 is 1.95 bits per heavy atom. The Balaban J connectivity index is 1.72. The summed E-state index contributed by atoms with van der Waals surface area (Å²) in [5, 5.41) is 3.76. The lowest BCUT2D eigenvalue weighted by molar-refractivity contribution is 0.276. The minimum absolute atomic E-state index is 0.748. The maximum Gasteiger partial charge on any atom is 0.0361 e. The molecule has 1 aliphatic rings. The maximum absolute atomic E-state index is 3.76. The van der Waals surface area contributed by atoms with Gasteiger partial charge in [0.15, 0.2) is 0 Å². The molecule has 1 aromatic heterocycles. The standard InChI is InChI=1S/C17H30N2/c1-3-6-15-8-10-16(11-9-15)18-14-17-7-5-13-19(17)12-4-2/h5,7,13,15-16,18H,3-4,6,8-12,14H2,1-2H3. The fourth-order valence-corrected chi connectivity index (χ4v) is 3.38. The first kappa shape index (κ1) is 14.6. The van der Waals surface area contributed by atoms with E-state index in [0.717, 1.165) is 25.0 Å². The summed E-state index contributed by atoms with van der Waals surface area (Å²) < 4.78 is 2.38. The predicted octanol–water partition coefficient (Wildman–Crippen LogP) is 4.35. The topological polar surface area (TPSA) is 17.0 Å². The van der Waals surface area contributed by atoms with Crippen molar-refractivity contribution in [1.82, 2.24) is 9.88 Å². The molecule has 2 nitrogen and oxygen atoms in total. The van der Waals surface area contributed by atoms with Crippen LogP contribution >= 0.6 is 0 Å². The third-order valence-electron chi connectivity index (χ3n) is 4.50. The van der Waals surface area contributed by atoms with Crippen molar-refractivity contribution in [3.63, 3.8) is 0 Å². The maximum atomic E-state index is 3.76. The number of rotatable bonds is 7. The Morgan fingerprint density at radius 3 is 2.63 bits per heavy atom.